The van der Waals surface area contributed by atoms with E-state index in [1.807, 2.05) is 11.8 Å². The van der Waals surface area contributed by atoms with E-state index in [-0.39, 0.29) is 0 Å². The zero-order valence-corrected chi connectivity index (χ0v) is 12.0. The van der Waals surface area contributed by atoms with Crippen molar-refractivity contribution in [2.75, 3.05) is 25.2 Å². The third kappa shape index (κ3) is 2.74. The van der Waals surface area contributed by atoms with E-state index < -0.39 is 0 Å². The van der Waals surface area contributed by atoms with Crippen LogP contribution in [-0.2, 0) is 4.74 Å². The minimum absolute atomic E-state index is 0.397. The van der Waals surface area contributed by atoms with Gasteiger partial charge in [0, 0.05) is 30.4 Å². The highest BCUT2D eigenvalue weighted by Gasteiger charge is 2.52. The maximum absolute atomic E-state index is 5.87. The summed E-state index contributed by atoms with van der Waals surface area (Å²) < 4.78 is 5.87. The van der Waals surface area contributed by atoms with Gasteiger partial charge >= 0.3 is 0 Å². The van der Waals surface area contributed by atoms with Crippen molar-refractivity contribution < 1.29 is 4.74 Å². The SMILES string of the molecule is CCOC1CC(NCCSC)C1(CC)CC. The number of rotatable bonds is 8. The van der Waals surface area contributed by atoms with Gasteiger partial charge in [0.1, 0.15) is 0 Å². The minimum Gasteiger partial charge on any atom is -0.378 e. The molecule has 0 aliphatic heterocycles. The molecular formula is C13H27NOS. The van der Waals surface area contributed by atoms with Crippen molar-refractivity contribution in [2.24, 2.45) is 5.41 Å². The summed E-state index contributed by atoms with van der Waals surface area (Å²) in [5.74, 6) is 1.21. The van der Waals surface area contributed by atoms with Crippen LogP contribution in [0.5, 0.6) is 0 Å². The summed E-state index contributed by atoms with van der Waals surface area (Å²) in [6, 6.07) is 0.672. The van der Waals surface area contributed by atoms with Crippen LogP contribution in [0.1, 0.15) is 40.0 Å². The van der Waals surface area contributed by atoms with E-state index in [4.69, 9.17) is 4.74 Å². The van der Waals surface area contributed by atoms with Gasteiger partial charge in [0.25, 0.3) is 0 Å². The molecule has 1 aliphatic rings. The summed E-state index contributed by atoms with van der Waals surface area (Å²) in [4.78, 5) is 0. The van der Waals surface area contributed by atoms with E-state index >= 15 is 0 Å². The first-order chi connectivity index (χ1) is 7.75. The van der Waals surface area contributed by atoms with Gasteiger partial charge in [-0.15, -0.1) is 0 Å². The van der Waals surface area contributed by atoms with Crippen LogP contribution in [0.2, 0.25) is 0 Å². The lowest BCUT2D eigenvalue weighted by molar-refractivity contribution is -0.137. The van der Waals surface area contributed by atoms with E-state index in [1.165, 1.54) is 25.0 Å². The quantitative estimate of drug-likeness (QED) is 0.664. The molecule has 1 aliphatic carbocycles. The van der Waals surface area contributed by atoms with Gasteiger partial charge in [-0.3, -0.25) is 0 Å². The second-order valence-electron chi connectivity index (χ2n) is 4.62. The molecule has 0 heterocycles. The van der Waals surface area contributed by atoms with Crippen molar-refractivity contribution in [3.05, 3.63) is 0 Å². The van der Waals surface area contributed by atoms with Gasteiger partial charge in [-0.1, -0.05) is 13.8 Å². The molecule has 1 rings (SSSR count). The Bertz CT molecular complexity index is 192. The summed E-state index contributed by atoms with van der Waals surface area (Å²) in [6.07, 6.45) is 6.30. The number of thioether (sulfide) groups is 1. The van der Waals surface area contributed by atoms with Gasteiger partial charge in [-0.25, -0.2) is 0 Å². The maximum atomic E-state index is 5.87. The lowest BCUT2D eigenvalue weighted by Gasteiger charge is -2.55. The molecule has 2 atom stereocenters. The molecule has 2 nitrogen and oxygen atoms in total. The molecule has 96 valence electrons. The second kappa shape index (κ2) is 6.87. The Morgan fingerprint density at radius 1 is 1.31 bits per heavy atom. The first-order valence-electron chi connectivity index (χ1n) is 6.59. The molecular weight excluding hydrogens is 218 g/mol. The van der Waals surface area contributed by atoms with Crippen molar-refractivity contribution >= 4 is 11.8 Å². The van der Waals surface area contributed by atoms with Crippen LogP contribution >= 0.6 is 11.8 Å². The van der Waals surface area contributed by atoms with Crippen LogP contribution in [0.15, 0.2) is 0 Å². The molecule has 1 N–H and O–H groups in total. The van der Waals surface area contributed by atoms with Crippen molar-refractivity contribution in [3.63, 3.8) is 0 Å². The first-order valence-corrected chi connectivity index (χ1v) is 7.98. The Balaban J connectivity index is 2.47. The number of ether oxygens (including phenoxy) is 1. The van der Waals surface area contributed by atoms with Crippen LogP contribution in [0.3, 0.4) is 0 Å². The molecule has 1 fully saturated rings. The predicted octanol–water partition coefficient (Wildman–Crippen LogP) is 2.92. The molecule has 3 heteroatoms. The van der Waals surface area contributed by atoms with Gasteiger partial charge in [-0.2, -0.15) is 11.8 Å². The normalized spacial score (nSPS) is 27.8. The Labute approximate surface area is 105 Å². The Hall–Kier alpha value is 0.270. The van der Waals surface area contributed by atoms with Crippen molar-refractivity contribution in [1.29, 1.82) is 0 Å². The first kappa shape index (κ1) is 14.3. The molecule has 2 unspecified atom stereocenters. The summed E-state index contributed by atoms with van der Waals surface area (Å²) >= 11 is 1.91. The highest BCUT2D eigenvalue weighted by molar-refractivity contribution is 7.98. The van der Waals surface area contributed by atoms with Crippen LogP contribution in [0.4, 0.5) is 0 Å². The molecule has 0 amide bonds. The third-order valence-corrected chi connectivity index (χ3v) is 4.78. The number of nitrogens with one attached hydrogen (secondary N) is 1. The average molecular weight is 245 g/mol. The molecule has 0 saturated heterocycles. The molecule has 0 aromatic carbocycles. The largest absolute Gasteiger partial charge is 0.378 e. The fourth-order valence-corrected chi connectivity index (χ4v) is 3.32. The fraction of sp³-hybridized carbons (Fsp3) is 1.00. The maximum Gasteiger partial charge on any atom is 0.0660 e. The molecule has 0 bridgehead atoms. The second-order valence-corrected chi connectivity index (χ2v) is 5.61. The van der Waals surface area contributed by atoms with Crippen molar-refractivity contribution in [1.82, 2.24) is 5.32 Å². The molecule has 0 aromatic heterocycles. The Kier molecular flexibility index (Phi) is 6.16. The average Bonchev–Trinajstić information content (AvgIpc) is 2.29. The lowest BCUT2D eigenvalue weighted by Crippen LogP contribution is -2.63. The van der Waals surface area contributed by atoms with Crippen LogP contribution in [0.25, 0.3) is 0 Å². The standard InChI is InChI=1S/C13H27NOS/c1-5-13(6-2)11(14-8-9-16-4)10-12(13)15-7-3/h11-12,14H,5-10H2,1-4H3. The highest BCUT2D eigenvalue weighted by atomic mass is 32.2. The van der Waals surface area contributed by atoms with E-state index in [0.29, 0.717) is 17.6 Å². The summed E-state index contributed by atoms with van der Waals surface area (Å²) in [5, 5.41) is 3.70. The van der Waals surface area contributed by atoms with Crippen LogP contribution in [0, 0.1) is 5.41 Å². The lowest BCUT2D eigenvalue weighted by atomic mass is 9.58. The van der Waals surface area contributed by atoms with Crippen molar-refractivity contribution in [2.45, 2.75) is 52.2 Å². The zero-order valence-electron chi connectivity index (χ0n) is 11.2. The molecule has 0 radical (unpaired) electrons. The van der Waals surface area contributed by atoms with E-state index in [2.05, 4.69) is 32.3 Å². The molecule has 16 heavy (non-hydrogen) atoms. The predicted molar refractivity (Wildman–Crippen MR) is 73.2 cm³/mol. The van der Waals surface area contributed by atoms with Gasteiger partial charge < -0.3 is 10.1 Å². The molecule has 0 spiro atoms. The fourth-order valence-electron chi connectivity index (χ4n) is 3.00. The topological polar surface area (TPSA) is 21.3 Å². The third-order valence-electron chi connectivity index (χ3n) is 4.17. The summed E-state index contributed by atoms with van der Waals surface area (Å²) in [7, 11) is 0. The van der Waals surface area contributed by atoms with Crippen LogP contribution < -0.4 is 5.32 Å². The Morgan fingerprint density at radius 2 is 2.00 bits per heavy atom. The van der Waals surface area contributed by atoms with Gasteiger partial charge in [-0.05, 0) is 32.4 Å². The molecule has 0 aromatic rings. The highest BCUT2D eigenvalue weighted by Crippen LogP contribution is 2.48. The summed E-state index contributed by atoms with van der Waals surface area (Å²) in [6.45, 7) is 8.69. The number of hydrogen-bond donors (Lipinski definition) is 1. The van der Waals surface area contributed by atoms with Crippen molar-refractivity contribution in [3.8, 4) is 0 Å². The zero-order chi connectivity index (χ0) is 12.0. The number of hydrogen-bond acceptors (Lipinski definition) is 3. The van der Waals surface area contributed by atoms with E-state index in [0.717, 1.165) is 13.2 Å². The monoisotopic (exact) mass is 245 g/mol. The van der Waals surface area contributed by atoms with Crippen LogP contribution in [-0.4, -0.2) is 37.3 Å². The molecule has 1 saturated carbocycles. The van der Waals surface area contributed by atoms with E-state index in [1.54, 1.807) is 0 Å². The smallest absolute Gasteiger partial charge is 0.0660 e. The summed E-state index contributed by atoms with van der Waals surface area (Å²) in [5.41, 5.74) is 0.397. The van der Waals surface area contributed by atoms with Gasteiger partial charge in [0.2, 0.25) is 0 Å². The van der Waals surface area contributed by atoms with E-state index in [9.17, 15) is 0 Å². The van der Waals surface area contributed by atoms with Gasteiger partial charge in [0.05, 0.1) is 6.10 Å². The van der Waals surface area contributed by atoms with Gasteiger partial charge in [0.15, 0.2) is 0 Å². The minimum atomic E-state index is 0.397. The Morgan fingerprint density at radius 3 is 2.50 bits per heavy atom.